The highest BCUT2D eigenvalue weighted by atomic mass is 16.2. The van der Waals surface area contributed by atoms with Crippen molar-refractivity contribution in [3.63, 3.8) is 0 Å². The molecule has 1 aliphatic rings. The van der Waals surface area contributed by atoms with Crippen molar-refractivity contribution >= 4 is 5.91 Å². The van der Waals surface area contributed by atoms with Gasteiger partial charge in [0.2, 0.25) is 0 Å². The van der Waals surface area contributed by atoms with Crippen molar-refractivity contribution < 1.29 is 4.79 Å². The molecule has 1 atom stereocenters. The molecular weight excluding hydrogens is 256 g/mol. The van der Waals surface area contributed by atoms with E-state index in [0.717, 1.165) is 32.5 Å². The van der Waals surface area contributed by atoms with Crippen molar-refractivity contribution in [1.82, 2.24) is 29.4 Å². The molecule has 0 saturated carbocycles. The highest BCUT2D eigenvalue weighted by Crippen LogP contribution is 2.19. The van der Waals surface area contributed by atoms with E-state index in [-0.39, 0.29) is 5.91 Å². The summed E-state index contributed by atoms with van der Waals surface area (Å²) in [4.78, 5) is 18.3. The largest absolute Gasteiger partial charge is 0.337 e. The predicted octanol–water partition coefficient (Wildman–Crippen LogP) is 0.564. The fraction of sp³-hybridized carbons (Fsp3) is 0.538. The van der Waals surface area contributed by atoms with Gasteiger partial charge < -0.3 is 4.90 Å². The smallest absolute Gasteiger partial charge is 0.272 e. The van der Waals surface area contributed by atoms with Gasteiger partial charge in [-0.2, -0.15) is 10.2 Å². The summed E-state index contributed by atoms with van der Waals surface area (Å²) in [6, 6.07) is 1.77. The van der Waals surface area contributed by atoms with Gasteiger partial charge in [0.15, 0.2) is 0 Å². The van der Waals surface area contributed by atoms with Gasteiger partial charge in [0, 0.05) is 32.9 Å². The third-order valence-corrected chi connectivity index (χ3v) is 3.76. The van der Waals surface area contributed by atoms with Gasteiger partial charge in [0.05, 0.1) is 0 Å². The summed E-state index contributed by atoms with van der Waals surface area (Å²) in [5.74, 6) is 0.496. The van der Waals surface area contributed by atoms with Gasteiger partial charge in [-0.25, -0.2) is 4.98 Å². The number of hydrogen-bond donors (Lipinski definition) is 0. The van der Waals surface area contributed by atoms with Crippen LogP contribution >= 0.6 is 0 Å². The van der Waals surface area contributed by atoms with E-state index < -0.39 is 0 Å². The first kappa shape index (κ1) is 12.8. The minimum absolute atomic E-state index is 0.0632. The molecule has 7 heteroatoms. The Morgan fingerprint density at radius 2 is 2.35 bits per heavy atom. The zero-order valence-corrected chi connectivity index (χ0v) is 11.5. The number of rotatable bonds is 3. The van der Waals surface area contributed by atoms with E-state index >= 15 is 0 Å². The average Bonchev–Trinajstić information content (AvgIpc) is 3.10. The van der Waals surface area contributed by atoms with Crippen molar-refractivity contribution in [2.75, 3.05) is 13.1 Å². The lowest BCUT2D eigenvalue weighted by Gasteiger charge is -2.32. The molecule has 1 aliphatic heterocycles. The van der Waals surface area contributed by atoms with E-state index in [0.29, 0.717) is 11.6 Å². The SMILES string of the molecule is Cn1nccc1C(=O)N1CCCC(Cn2cncn2)C1. The molecule has 0 N–H and O–H groups in total. The van der Waals surface area contributed by atoms with E-state index in [1.807, 2.05) is 9.58 Å². The molecule has 1 saturated heterocycles. The normalized spacial score (nSPS) is 19.2. The predicted molar refractivity (Wildman–Crippen MR) is 71.9 cm³/mol. The number of aromatic nitrogens is 5. The topological polar surface area (TPSA) is 68.8 Å². The lowest BCUT2D eigenvalue weighted by molar-refractivity contribution is 0.0648. The lowest BCUT2D eigenvalue weighted by atomic mass is 9.98. The van der Waals surface area contributed by atoms with Crippen LogP contribution in [0.15, 0.2) is 24.9 Å². The van der Waals surface area contributed by atoms with Gasteiger partial charge in [0.25, 0.3) is 5.91 Å². The Morgan fingerprint density at radius 3 is 3.05 bits per heavy atom. The Hall–Kier alpha value is -2.18. The van der Waals surface area contributed by atoms with Gasteiger partial charge >= 0.3 is 0 Å². The third-order valence-electron chi connectivity index (χ3n) is 3.76. The van der Waals surface area contributed by atoms with Gasteiger partial charge in [-0.15, -0.1) is 0 Å². The van der Waals surface area contributed by atoms with Crippen LogP contribution in [0.1, 0.15) is 23.3 Å². The maximum atomic E-state index is 12.5. The first-order valence-corrected chi connectivity index (χ1v) is 6.83. The van der Waals surface area contributed by atoms with Gasteiger partial charge in [-0.3, -0.25) is 14.2 Å². The first-order chi connectivity index (χ1) is 9.74. The molecule has 2 aromatic rings. The van der Waals surface area contributed by atoms with Crippen LogP contribution in [0, 0.1) is 5.92 Å². The number of hydrogen-bond acceptors (Lipinski definition) is 4. The molecule has 0 aromatic carbocycles. The van der Waals surface area contributed by atoms with E-state index in [4.69, 9.17) is 0 Å². The van der Waals surface area contributed by atoms with Gasteiger partial charge in [-0.05, 0) is 24.8 Å². The summed E-state index contributed by atoms with van der Waals surface area (Å²) in [7, 11) is 1.80. The summed E-state index contributed by atoms with van der Waals surface area (Å²) in [5.41, 5.74) is 0.645. The molecule has 1 unspecified atom stereocenters. The Balaban J connectivity index is 1.66. The Labute approximate surface area is 117 Å². The molecule has 3 rings (SSSR count). The number of amides is 1. The number of piperidine rings is 1. The van der Waals surface area contributed by atoms with E-state index in [1.165, 1.54) is 0 Å². The summed E-state index contributed by atoms with van der Waals surface area (Å²) in [6.45, 7) is 2.40. The lowest BCUT2D eigenvalue weighted by Crippen LogP contribution is -2.41. The highest BCUT2D eigenvalue weighted by Gasteiger charge is 2.26. The van der Waals surface area contributed by atoms with Crippen molar-refractivity contribution in [1.29, 1.82) is 0 Å². The minimum atomic E-state index is 0.0632. The number of nitrogens with zero attached hydrogens (tertiary/aromatic N) is 6. The van der Waals surface area contributed by atoms with Crippen LogP contribution in [0.5, 0.6) is 0 Å². The second-order valence-electron chi connectivity index (χ2n) is 5.22. The van der Waals surface area contributed by atoms with Crippen molar-refractivity contribution in [3.8, 4) is 0 Å². The second kappa shape index (κ2) is 5.44. The molecule has 0 spiro atoms. The fourth-order valence-corrected chi connectivity index (χ4v) is 2.74. The van der Waals surface area contributed by atoms with Crippen LogP contribution in [0.2, 0.25) is 0 Å². The standard InChI is InChI=1S/C13H18N6O/c1-17-12(4-5-15-17)13(20)18-6-2-3-11(7-18)8-19-10-14-9-16-19/h4-5,9-11H,2-3,6-8H2,1H3. The molecule has 0 aliphatic carbocycles. The molecule has 20 heavy (non-hydrogen) atoms. The van der Waals surface area contributed by atoms with Gasteiger partial charge in [-0.1, -0.05) is 0 Å². The first-order valence-electron chi connectivity index (χ1n) is 6.83. The summed E-state index contributed by atoms with van der Waals surface area (Å²) >= 11 is 0. The van der Waals surface area contributed by atoms with Crippen LogP contribution < -0.4 is 0 Å². The molecule has 0 radical (unpaired) electrons. The zero-order valence-electron chi connectivity index (χ0n) is 11.5. The number of likely N-dealkylation sites (tertiary alicyclic amines) is 1. The second-order valence-corrected chi connectivity index (χ2v) is 5.22. The maximum absolute atomic E-state index is 12.5. The molecule has 106 valence electrons. The van der Waals surface area contributed by atoms with Crippen LogP contribution in [0.25, 0.3) is 0 Å². The molecular formula is C13H18N6O. The Morgan fingerprint density at radius 1 is 1.45 bits per heavy atom. The van der Waals surface area contributed by atoms with E-state index in [9.17, 15) is 4.79 Å². The zero-order chi connectivity index (χ0) is 13.9. The molecule has 3 heterocycles. The highest BCUT2D eigenvalue weighted by molar-refractivity contribution is 5.92. The Bertz CT molecular complexity index is 575. The summed E-state index contributed by atoms with van der Waals surface area (Å²) in [6.07, 6.45) is 7.07. The molecule has 1 fully saturated rings. The van der Waals surface area contributed by atoms with E-state index in [1.54, 1.807) is 36.6 Å². The number of carbonyl (C=O) groups is 1. The van der Waals surface area contributed by atoms with Crippen molar-refractivity contribution in [2.24, 2.45) is 13.0 Å². The molecule has 7 nitrogen and oxygen atoms in total. The van der Waals surface area contributed by atoms with Crippen LogP contribution in [0.4, 0.5) is 0 Å². The van der Waals surface area contributed by atoms with E-state index in [2.05, 4.69) is 15.2 Å². The van der Waals surface area contributed by atoms with Crippen molar-refractivity contribution in [3.05, 3.63) is 30.6 Å². The summed E-state index contributed by atoms with van der Waals surface area (Å²) < 4.78 is 3.46. The quantitative estimate of drug-likeness (QED) is 0.820. The molecule has 1 amide bonds. The van der Waals surface area contributed by atoms with Crippen LogP contribution in [-0.2, 0) is 13.6 Å². The maximum Gasteiger partial charge on any atom is 0.272 e. The van der Waals surface area contributed by atoms with Crippen LogP contribution in [-0.4, -0.2) is 48.4 Å². The summed E-state index contributed by atoms with van der Waals surface area (Å²) in [5, 5.41) is 8.19. The van der Waals surface area contributed by atoms with Crippen molar-refractivity contribution in [2.45, 2.75) is 19.4 Å². The average molecular weight is 274 g/mol. The fourth-order valence-electron chi connectivity index (χ4n) is 2.74. The molecule has 2 aromatic heterocycles. The van der Waals surface area contributed by atoms with Gasteiger partial charge in [0.1, 0.15) is 18.3 Å². The monoisotopic (exact) mass is 274 g/mol. The minimum Gasteiger partial charge on any atom is -0.337 e. The Kier molecular flexibility index (Phi) is 3.49. The number of carbonyl (C=O) groups excluding carboxylic acids is 1. The van der Waals surface area contributed by atoms with Crippen LogP contribution in [0.3, 0.4) is 0 Å². The molecule has 0 bridgehead atoms. The third kappa shape index (κ3) is 2.56. The number of aryl methyl sites for hydroxylation is 1.